The Hall–Kier alpha value is -2.61. The maximum Gasteiger partial charge on any atom is 0.240 e. The highest BCUT2D eigenvalue weighted by molar-refractivity contribution is 7.89. The van der Waals surface area contributed by atoms with Gasteiger partial charge in [-0.15, -0.1) is 0 Å². The van der Waals surface area contributed by atoms with Crippen LogP contribution in [0.25, 0.3) is 0 Å². The minimum absolute atomic E-state index is 0.0672. The third-order valence-corrected chi connectivity index (χ3v) is 7.49. The summed E-state index contributed by atoms with van der Waals surface area (Å²) < 4.78 is 36.3. The molecule has 7 heteroatoms. The Kier molecular flexibility index (Phi) is 6.18. The molecule has 1 atom stereocenters. The van der Waals surface area contributed by atoms with Crippen LogP contribution < -0.4 is 9.46 Å². The molecule has 0 saturated heterocycles. The number of sulfonamides is 1. The Morgan fingerprint density at radius 1 is 1.10 bits per heavy atom. The Balaban J connectivity index is 1.57. The number of nitrogens with one attached hydrogen (secondary N) is 1. The van der Waals surface area contributed by atoms with Gasteiger partial charge in [-0.05, 0) is 60.4 Å². The van der Waals surface area contributed by atoms with E-state index in [2.05, 4.69) is 44.5 Å². The fourth-order valence-corrected chi connectivity index (χ4v) is 5.44. The molecule has 0 unspecified atom stereocenters. The first kappa shape index (κ1) is 21.6. The summed E-state index contributed by atoms with van der Waals surface area (Å²) in [5.74, 6) is 0.674. The van der Waals surface area contributed by atoms with Crippen LogP contribution in [0.2, 0.25) is 0 Å². The van der Waals surface area contributed by atoms with Gasteiger partial charge in [0.25, 0.3) is 0 Å². The fourth-order valence-electron chi connectivity index (χ4n) is 4.31. The Morgan fingerprint density at radius 3 is 2.55 bits per heavy atom. The van der Waals surface area contributed by atoms with E-state index >= 15 is 0 Å². The zero-order valence-corrected chi connectivity index (χ0v) is 19.0. The lowest BCUT2D eigenvalue weighted by atomic mass is 9.98. The number of hydrogen-bond donors (Lipinski definition) is 1. The quantitative estimate of drug-likeness (QED) is 0.613. The standard InChI is InChI=1S/C24H29N3O3S/c1-18-15-21(10-11-24(18)30-3)31(28,29)25-16-23(22-9-6-13-26(22)2)27-14-12-19-7-4-5-8-20(19)17-27/h4-11,13,15,23,25H,12,14,16-17H2,1-3H3/t23-/m0/s1. The number of ether oxygens (including phenoxy) is 1. The zero-order valence-electron chi connectivity index (χ0n) is 18.2. The summed E-state index contributed by atoms with van der Waals surface area (Å²) >= 11 is 0. The molecule has 2 heterocycles. The second-order valence-electron chi connectivity index (χ2n) is 8.03. The van der Waals surface area contributed by atoms with Gasteiger partial charge in [0.05, 0.1) is 18.0 Å². The van der Waals surface area contributed by atoms with Crippen molar-refractivity contribution in [2.45, 2.75) is 30.8 Å². The molecule has 0 bridgehead atoms. The molecule has 0 fully saturated rings. The first-order valence-electron chi connectivity index (χ1n) is 10.5. The van der Waals surface area contributed by atoms with Crippen molar-refractivity contribution in [3.8, 4) is 5.75 Å². The van der Waals surface area contributed by atoms with Crippen molar-refractivity contribution in [1.82, 2.24) is 14.2 Å². The number of rotatable bonds is 7. The first-order valence-corrected chi connectivity index (χ1v) is 11.9. The van der Waals surface area contributed by atoms with Crippen LogP contribution >= 0.6 is 0 Å². The molecule has 4 rings (SSSR count). The number of benzene rings is 2. The molecule has 0 radical (unpaired) electrons. The highest BCUT2D eigenvalue weighted by Crippen LogP contribution is 2.28. The first-order chi connectivity index (χ1) is 14.9. The van der Waals surface area contributed by atoms with Crippen molar-refractivity contribution in [3.63, 3.8) is 0 Å². The summed E-state index contributed by atoms with van der Waals surface area (Å²) in [6, 6.07) is 17.4. The van der Waals surface area contributed by atoms with E-state index < -0.39 is 10.0 Å². The lowest BCUT2D eigenvalue weighted by Gasteiger charge is -2.36. The van der Waals surface area contributed by atoms with Crippen LogP contribution in [0.4, 0.5) is 0 Å². The molecule has 0 amide bonds. The SMILES string of the molecule is COc1ccc(S(=O)(=O)NC[C@@H](c2cccn2C)N2CCc3ccccc3C2)cc1C. The van der Waals surface area contributed by atoms with Crippen LogP contribution in [-0.4, -0.2) is 38.1 Å². The summed E-state index contributed by atoms with van der Waals surface area (Å²) in [6.07, 6.45) is 2.96. The largest absolute Gasteiger partial charge is 0.496 e. The molecule has 2 aromatic carbocycles. The van der Waals surface area contributed by atoms with Gasteiger partial charge in [-0.3, -0.25) is 4.90 Å². The Bertz CT molecular complexity index is 1170. The van der Waals surface area contributed by atoms with Crippen LogP contribution in [0.15, 0.2) is 65.7 Å². The lowest BCUT2D eigenvalue weighted by Crippen LogP contribution is -2.41. The molecule has 6 nitrogen and oxygen atoms in total. The highest BCUT2D eigenvalue weighted by Gasteiger charge is 2.28. The highest BCUT2D eigenvalue weighted by atomic mass is 32.2. The predicted octanol–water partition coefficient (Wildman–Crippen LogP) is 3.42. The minimum Gasteiger partial charge on any atom is -0.496 e. The summed E-state index contributed by atoms with van der Waals surface area (Å²) in [5, 5.41) is 0. The molecule has 31 heavy (non-hydrogen) atoms. The molecule has 1 aliphatic heterocycles. The van der Waals surface area contributed by atoms with Crippen LogP contribution in [0.5, 0.6) is 5.75 Å². The van der Waals surface area contributed by atoms with E-state index in [0.29, 0.717) is 12.3 Å². The van der Waals surface area contributed by atoms with E-state index in [4.69, 9.17) is 4.74 Å². The monoisotopic (exact) mass is 439 g/mol. The Morgan fingerprint density at radius 2 is 1.87 bits per heavy atom. The van der Waals surface area contributed by atoms with Crippen LogP contribution in [0, 0.1) is 6.92 Å². The van der Waals surface area contributed by atoms with Gasteiger partial charge in [0.15, 0.2) is 0 Å². The molecule has 3 aromatic rings. The summed E-state index contributed by atoms with van der Waals surface area (Å²) in [6.45, 7) is 3.83. The molecule has 1 aliphatic rings. The third kappa shape index (κ3) is 4.54. The number of nitrogens with zero attached hydrogens (tertiary/aromatic N) is 2. The van der Waals surface area contributed by atoms with Crippen molar-refractivity contribution in [3.05, 3.63) is 83.2 Å². The summed E-state index contributed by atoms with van der Waals surface area (Å²) in [7, 11) is -0.0665. The third-order valence-electron chi connectivity index (χ3n) is 6.07. The fraction of sp³-hybridized carbons (Fsp3) is 0.333. The number of aromatic nitrogens is 1. The lowest BCUT2D eigenvalue weighted by molar-refractivity contribution is 0.174. The van der Waals surface area contributed by atoms with Gasteiger partial charge < -0.3 is 9.30 Å². The van der Waals surface area contributed by atoms with Gasteiger partial charge in [0, 0.05) is 38.6 Å². The van der Waals surface area contributed by atoms with Gasteiger partial charge >= 0.3 is 0 Å². The minimum atomic E-state index is -3.65. The maximum absolute atomic E-state index is 13.0. The van der Waals surface area contributed by atoms with Gasteiger partial charge in [-0.2, -0.15) is 0 Å². The van der Waals surface area contributed by atoms with Crippen LogP contribution in [0.3, 0.4) is 0 Å². The maximum atomic E-state index is 13.0. The van der Waals surface area contributed by atoms with Gasteiger partial charge in [-0.1, -0.05) is 24.3 Å². The summed E-state index contributed by atoms with van der Waals surface area (Å²) in [4.78, 5) is 2.61. The van der Waals surface area contributed by atoms with E-state index in [1.54, 1.807) is 25.3 Å². The molecule has 0 saturated carbocycles. The van der Waals surface area contributed by atoms with Crippen molar-refractivity contribution in [1.29, 1.82) is 0 Å². The summed E-state index contributed by atoms with van der Waals surface area (Å²) in [5.41, 5.74) is 4.56. The predicted molar refractivity (Wildman–Crippen MR) is 122 cm³/mol. The number of fused-ring (bicyclic) bond motifs is 1. The molecule has 0 aliphatic carbocycles. The molecular weight excluding hydrogens is 410 g/mol. The van der Waals surface area contributed by atoms with E-state index in [-0.39, 0.29) is 10.9 Å². The van der Waals surface area contributed by atoms with Crippen molar-refractivity contribution in [2.24, 2.45) is 7.05 Å². The smallest absolute Gasteiger partial charge is 0.240 e. The molecular formula is C24H29N3O3S. The van der Waals surface area contributed by atoms with Crippen LogP contribution in [0.1, 0.15) is 28.4 Å². The van der Waals surface area contributed by atoms with Gasteiger partial charge in [-0.25, -0.2) is 13.1 Å². The van der Waals surface area contributed by atoms with E-state index in [1.807, 2.05) is 26.2 Å². The Labute approximate surface area is 184 Å². The normalized spacial score (nSPS) is 15.5. The van der Waals surface area contributed by atoms with Crippen molar-refractivity contribution >= 4 is 10.0 Å². The van der Waals surface area contributed by atoms with Gasteiger partial charge in [0.2, 0.25) is 10.0 Å². The van der Waals surface area contributed by atoms with E-state index in [9.17, 15) is 8.42 Å². The second-order valence-corrected chi connectivity index (χ2v) is 9.80. The molecule has 1 N–H and O–H groups in total. The average molecular weight is 440 g/mol. The van der Waals surface area contributed by atoms with E-state index in [0.717, 1.165) is 30.8 Å². The molecule has 1 aromatic heterocycles. The number of aryl methyl sites for hydroxylation is 2. The van der Waals surface area contributed by atoms with Crippen molar-refractivity contribution in [2.75, 3.05) is 20.2 Å². The van der Waals surface area contributed by atoms with Crippen LogP contribution in [-0.2, 0) is 30.0 Å². The van der Waals surface area contributed by atoms with E-state index in [1.165, 1.54) is 11.1 Å². The van der Waals surface area contributed by atoms with Crippen molar-refractivity contribution < 1.29 is 13.2 Å². The molecule has 0 spiro atoms. The molecule has 164 valence electrons. The number of hydrogen-bond acceptors (Lipinski definition) is 4. The number of methoxy groups -OCH3 is 1. The van der Waals surface area contributed by atoms with Gasteiger partial charge in [0.1, 0.15) is 5.75 Å². The zero-order chi connectivity index (χ0) is 22.0. The second kappa shape index (κ2) is 8.86. The average Bonchev–Trinajstić information content (AvgIpc) is 3.19. The topological polar surface area (TPSA) is 63.6 Å².